The number of allylic oxidation sites excluding steroid dienone is 1. The lowest BCUT2D eigenvalue weighted by atomic mass is 10.1. The zero-order valence-electron chi connectivity index (χ0n) is 8.90. The highest BCUT2D eigenvalue weighted by atomic mass is 16.3. The van der Waals surface area contributed by atoms with Crippen molar-refractivity contribution in [2.24, 2.45) is 5.10 Å². The number of quaternary nitrogens is 1. The second-order valence-electron chi connectivity index (χ2n) is 4.35. The summed E-state index contributed by atoms with van der Waals surface area (Å²) in [5.41, 5.74) is 2.44. The highest BCUT2D eigenvalue weighted by molar-refractivity contribution is 6.00. The molecule has 0 aliphatic carbocycles. The summed E-state index contributed by atoms with van der Waals surface area (Å²) in [6, 6.07) is 0. The van der Waals surface area contributed by atoms with Crippen LogP contribution in [0.4, 0.5) is 0 Å². The Kier molecular flexibility index (Phi) is 2.33. The Morgan fingerprint density at radius 1 is 1.57 bits per heavy atom. The zero-order chi connectivity index (χ0) is 10.2. The number of hydrogen-bond donors (Lipinski definition) is 1. The molecule has 2 rings (SSSR count). The smallest absolute Gasteiger partial charge is 0.148 e. The SMILES string of the molecule is C[N+]1(C)C=C2C(=N1)CCCN2CCO. The van der Waals surface area contributed by atoms with Gasteiger partial charge in [-0.25, -0.2) is 0 Å². The molecule has 4 heteroatoms. The second kappa shape index (κ2) is 3.37. The van der Waals surface area contributed by atoms with E-state index in [0.717, 1.165) is 25.9 Å². The Labute approximate surface area is 84.7 Å². The van der Waals surface area contributed by atoms with Crippen LogP contribution in [0.2, 0.25) is 0 Å². The summed E-state index contributed by atoms with van der Waals surface area (Å²) in [5, 5.41) is 13.6. The van der Waals surface area contributed by atoms with Gasteiger partial charge in [-0.3, -0.25) is 0 Å². The first kappa shape index (κ1) is 9.68. The molecule has 78 valence electrons. The van der Waals surface area contributed by atoms with E-state index in [4.69, 9.17) is 5.11 Å². The molecule has 0 aromatic carbocycles. The summed E-state index contributed by atoms with van der Waals surface area (Å²) < 4.78 is 0.590. The Balaban J connectivity index is 2.22. The van der Waals surface area contributed by atoms with E-state index in [2.05, 4.69) is 30.3 Å². The largest absolute Gasteiger partial charge is 0.395 e. The van der Waals surface area contributed by atoms with E-state index < -0.39 is 0 Å². The molecule has 0 amide bonds. The standard InChI is InChI=1S/C10H18N3O/c1-13(2)8-10-9(11-13)4-3-5-12(10)6-7-14/h8,14H,3-7H2,1-2H3/q+1. The van der Waals surface area contributed by atoms with E-state index in [1.807, 2.05) is 0 Å². The molecule has 14 heavy (non-hydrogen) atoms. The number of piperidine rings is 1. The molecule has 0 spiro atoms. The minimum Gasteiger partial charge on any atom is -0.395 e. The summed E-state index contributed by atoms with van der Waals surface area (Å²) in [5.74, 6) is 0. The van der Waals surface area contributed by atoms with Crippen LogP contribution in [0.5, 0.6) is 0 Å². The Morgan fingerprint density at radius 2 is 2.36 bits per heavy atom. The maximum absolute atomic E-state index is 8.95. The van der Waals surface area contributed by atoms with Gasteiger partial charge in [-0.05, 0) is 12.8 Å². The lowest BCUT2D eigenvalue weighted by Gasteiger charge is -2.28. The molecular formula is C10H18N3O+. The minimum atomic E-state index is 0.220. The molecule has 2 heterocycles. The van der Waals surface area contributed by atoms with Gasteiger partial charge in [0.05, 0.1) is 20.7 Å². The van der Waals surface area contributed by atoms with Crippen LogP contribution in [0, 0.1) is 0 Å². The van der Waals surface area contributed by atoms with Crippen LogP contribution < -0.4 is 0 Å². The third kappa shape index (κ3) is 1.67. The number of aliphatic hydroxyl groups excluding tert-OH is 1. The number of rotatable bonds is 2. The third-order valence-corrected chi connectivity index (χ3v) is 2.66. The summed E-state index contributed by atoms with van der Waals surface area (Å²) >= 11 is 0. The summed E-state index contributed by atoms with van der Waals surface area (Å²) in [4.78, 5) is 2.23. The molecule has 0 saturated carbocycles. The van der Waals surface area contributed by atoms with Crippen molar-refractivity contribution in [2.45, 2.75) is 12.8 Å². The molecule has 1 fully saturated rings. The van der Waals surface area contributed by atoms with Gasteiger partial charge in [0.2, 0.25) is 0 Å². The molecule has 4 nitrogen and oxygen atoms in total. The van der Waals surface area contributed by atoms with E-state index in [-0.39, 0.29) is 6.61 Å². The van der Waals surface area contributed by atoms with E-state index >= 15 is 0 Å². The second-order valence-corrected chi connectivity index (χ2v) is 4.35. The summed E-state index contributed by atoms with van der Waals surface area (Å²) in [6.45, 7) is 1.99. The normalized spacial score (nSPS) is 24.4. The first-order valence-electron chi connectivity index (χ1n) is 5.14. The monoisotopic (exact) mass is 196 g/mol. The zero-order valence-corrected chi connectivity index (χ0v) is 8.90. The molecule has 1 N–H and O–H groups in total. The van der Waals surface area contributed by atoms with E-state index in [9.17, 15) is 0 Å². The average molecular weight is 196 g/mol. The first-order chi connectivity index (χ1) is 6.62. The molecule has 2 aliphatic heterocycles. The van der Waals surface area contributed by atoms with Gasteiger partial charge in [0.1, 0.15) is 17.6 Å². The van der Waals surface area contributed by atoms with E-state index in [1.165, 1.54) is 11.4 Å². The number of aliphatic hydroxyl groups is 1. The maximum Gasteiger partial charge on any atom is 0.148 e. The fraction of sp³-hybridized carbons (Fsp3) is 0.700. The molecule has 0 bridgehead atoms. The Morgan fingerprint density at radius 3 is 3.07 bits per heavy atom. The van der Waals surface area contributed by atoms with Crippen molar-refractivity contribution in [3.63, 3.8) is 0 Å². The van der Waals surface area contributed by atoms with Crippen molar-refractivity contribution in [1.82, 2.24) is 4.90 Å². The summed E-state index contributed by atoms with van der Waals surface area (Å²) in [7, 11) is 4.13. The fourth-order valence-electron chi connectivity index (χ4n) is 2.12. The molecule has 0 atom stereocenters. The van der Waals surface area contributed by atoms with Crippen LogP contribution in [-0.4, -0.2) is 54.1 Å². The van der Waals surface area contributed by atoms with Gasteiger partial charge >= 0.3 is 0 Å². The molecule has 2 aliphatic rings. The lowest BCUT2D eigenvalue weighted by Crippen LogP contribution is -2.34. The topological polar surface area (TPSA) is 35.8 Å². The van der Waals surface area contributed by atoms with Gasteiger partial charge in [-0.2, -0.15) is 4.59 Å². The van der Waals surface area contributed by atoms with Crippen LogP contribution in [0.15, 0.2) is 17.0 Å². The highest BCUT2D eigenvalue weighted by Gasteiger charge is 2.32. The third-order valence-electron chi connectivity index (χ3n) is 2.66. The van der Waals surface area contributed by atoms with Crippen molar-refractivity contribution >= 4 is 5.71 Å². The van der Waals surface area contributed by atoms with Crippen molar-refractivity contribution in [3.8, 4) is 0 Å². The molecular weight excluding hydrogens is 178 g/mol. The van der Waals surface area contributed by atoms with Crippen molar-refractivity contribution in [1.29, 1.82) is 0 Å². The van der Waals surface area contributed by atoms with Crippen molar-refractivity contribution < 1.29 is 9.70 Å². The molecule has 0 radical (unpaired) electrons. The molecule has 0 aromatic rings. The number of fused-ring (bicyclic) bond motifs is 1. The van der Waals surface area contributed by atoms with Crippen LogP contribution in [0.25, 0.3) is 0 Å². The first-order valence-corrected chi connectivity index (χ1v) is 5.14. The van der Waals surface area contributed by atoms with Crippen molar-refractivity contribution in [2.75, 3.05) is 33.8 Å². The van der Waals surface area contributed by atoms with Gasteiger partial charge in [0, 0.05) is 13.1 Å². The lowest BCUT2D eigenvalue weighted by molar-refractivity contribution is -0.843. The number of hydrogen-bond acceptors (Lipinski definition) is 3. The predicted molar refractivity (Wildman–Crippen MR) is 55.5 cm³/mol. The highest BCUT2D eigenvalue weighted by Crippen LogP contribution is 2.26. The maximum atomic E-state index is 8.95. The average Bonchev–Trinajstić information content (AvgIpc) is 2.41. The van der Waals surface area contributed by atoms with Gasteiger partial charge in [-0.1, -0.05) is 5.10 Å². The number of likely N-dealkylation sites (tertiary alicyclic amines) is 1. The summed E-state index contributed by atoms with van der Waals surface area (Å²) in [6.07, 6.45) is 4.38. The molecule has 1 saturated heterocycles. The van der Waals surface area contributed by atoms with Gasteiger partial charge < -0.3 is 10.0 Å². The minimum absolute atomic E-state index is 0.220. The van der Waals surface area contributed by atoms with E-state index in [1.54, 1.807) is 0 Å². The quantitative estimate of drug-likeness (QED) is 0.647. The van der Waals surface area contributed by atoms with Crippen LogP contribution >= 0.6 is 0 Å². The van der Waals surface area contributed by atoms with Crippen LogP contribution in [-0.2, 0) is 0 Å². The molecule has 0 unspecified atom stereocenters. The Hall–Kier alpha value is -0.870. The van der Waals surface area contributed by atoms with Crippen LogP contribution in [0.1, 0.15) is 12.8 Å². The Bertz CT molecular complexity index is 292. The fourth-order valence-corrected chi connectivity index (χ4v) is 2.12. The molecule has 0 aromatic heterocycles. The number of β-amino-alcohol motifs (C(OH)–C–C–N with tert-alkyl or cyclic N) is 1. The van der Waals surface area contributed by atoms with E-state index in [0.29, 0.717) is 4.59 Å². The van der Waals surface area contributed by atoms with Gasteiger partial charge in [0.25, 0.3) is 0 Å². The van der Waals surface area contributed by atoms with Gasteiger partial charge in [-0.15, -0.1) is 0 Å². The van der Waals surface area contributed by atoms with Crippen LogP contribution in [0.3, 0.4) is 0 Å². The number of nitrogens with zero attached hydrogens (tertiary/aromatic N) is 3. The van der Waals surface area contributed by atoms with Gasteiger partial charge in [0.15, 0.2) is 0 Å². The van der Waals surface area contributed by atoms with Crippen molar-refractivity contribution in [3.05, 3.63) is 11.9 Å². The predicted octanol–water partition coefficient (Wildman–Crippen LogP) is 0.362.